The average molecular weight is 314 g/mol. The van der Waals surface area contributed by atoms with E-state index in [9.17, 15) is 4.79 Å². The molecular weight excluding hydrogens is 292 g/mol. The van der Waals surface area contributed by atoms with Crippen LogP contribution in [0.15, 0.2) is 29.8 Å². The number of aromatic nitrogens is 3. The number of benzene rings is 1. The summed E-state index contributed by atoms with van der Waals surface area (Å²) >= 11 is 0. The Balaban J connectivity index is 1.88. The lowest BCUT2D eigenvalue weighted by atomic mass is 10.1. The molecule has 0 N–H and O–H groups in total. The lowest BCUT2D eigenvalue weighted by Crippen LogP contribution is -2.33. The van der Waals surface area contributed by atoms with Crippen molar-refractivity contribution in [1.29, 1.82) is 0 Å². The Kier molecular flexibility index (Phi) is 5.02. The van der Waals surface area contributed by atoms with Gasteiger partial charge in [-0.05, 0) is 45.0 Å². The molecule has 1 saturated heterocycles. The van der Waals surface area contributed by atoms with Gasteiger partial charge in [0.05, 0.1) is 17.7 Å². The van der Waals surface area contributed by atoms with E-state index in [1.165, 1.54) is 19.3 Å². The number of ether oxygens (including phenoxy) is 1. The molecule has 1 aromatic carbocycles. The van der Waals surface area contributed by atoms with E-state index in [1.54, 1.807) is 10.9 Å². The highest BCUT2D eigenvalue weighted by Gasteiger charge is 2.18. The summed E-state index contributed by atoms with van der Waals surface area (Å²) in [4.78, 5) is 14.6. The molecule has 1 aromatic heterocycles. The topological polar surface area (TPSA) is 60.3 Å². The number of carbonyl (C=O) groups is 1. The number of piperidine rings is 1. The van der Waals surface area contributed by atoms with Crippen molar-refractivity contribution in [2.24, 2.45) is 0 Å². The average Bonchev–Trinajstić information content (AvgIpc) is 2.99. The van der Waals surface area contributed by atoms with Crippen LogP contribution in [0.2, 0.25) is 0 Å². The standard InChI is InChI=1S/C17H22N4O2/c1-2-23-17(22)14(12-20-10-6-3-7-11-20)13-21-16-9-5-4-8-15(16)18-19-21/h4-5,8-9,13H,2-3,6-7,10-12H2,1H3/b14-13+. The Morgan fingerprint density at radius 3 is 2.83 bits per heavy atom. The molecule has 3 rings (SSSR count). The SMILES string of the molecule is CCOC(=O)/C(=C/n1nnc2ccccc21)CN1CCCCC1. The maximum Gasteiger partial charge on any atom is 0.336 e. The molecule has 2 aromatic rings. The number of esters is 1. The summed E-state index contributed by atoms with van der Waals surface area (Å²) in [6.45, 7) is 4.83. The number of likely N-dealkylation sites (tertiary alicyclic amines) is 1. The highest BCUT2D eigenvalue weighted by atomic mass is 16.5. The molecule has 0 saturated carbocycles. The number of rotatable bonds is 5. The Hall–Kier alpha value is -2.21. The van der Waals surface area contributed by atoms with Crippen molar-refractivity contribution >= 4 is 23.2 Å². The van der Waals surface area contributed by atoms with Crippen molar-refractivity contribution in [1.82, 2.24) is 19.9 Å². The van der Waals surface area contributed by atoms with Crippen molar-refractivity contribution in [3.63, 3.8) is 0 Å². The smallest absolute Gasteiger partial charge is 0.336 e. The molecule has 1 aliphatic rings. The van der Waals surface area contributed by atoms with Gasteiger partial charge in [0.25, 0.3) is 0 Å². The van der Waals surface area contributed by atoms with E-state index < -0.39 is 0 Å². The fourth-order valence-corrected chi connectivity index (χ4v) is 2.87. The van der Waals surface area contributed by atoms with Crippen LogP contribution in [-0.2, 0) is 9.53 Å². The number of hydrogen-bond acceptors (Lipinski definition) is 5. The molecule has 23 heavy (non-hydrogen) atoms. The predicted octanol–water partition coefficient (Wildman–Crippen LogP) is 2.32. The maximum absolute atomic E-state index is 12.3. The minimum absolute atomic E-state index is 0.280. The molecule has 0 amide bonds. The molecule has 6 heteroatoms. The van der Waals surface area contributed by atoms with Gasteiger partial charge in [0, 0.05) is 12.7 Å². The molecule has 2 heterocycles. The minimum atomic E-state index is -0.280. The third-order valence-corrected chi connectivity index (χ3v) is 4.04. The molecule has 0 unspecified atom stereocenters. The highest BCUT2D eigenvalue weighted by Crippen LogP contribution is 2.15. The van der Waals surface area contributed by atoms with Gasteiger partial charge in [-0.25, -0.2) is 9.48 Å². The Bertz CT molecular complexity index is 701. The van der Waals surface area contributed by atoms with Crippen LogP contribution in [0.5, 0.6) is 0 Å². The molecule has 0 spiro atoms. The van der Waals surface area contributed by atoms with Gasteiger partial charge >= 0.3 is 5.97 Å². The molecule has 122 valence electrons. The number of fused-ring (bicyclic) bond motifs is 1. The zero-order chi connectivity index (χ0) is 16.1. The highest BCUT2D eigenvalue weighted by molar-refractivity contribution is 5.93. The van der Waals surface area contributed by atoms with E-state index in [0.29, 0.717) is 18.7 Å². The molecule has 0 bridgehead atoms. The Labute approximate surface area is 135 Å². The summed E-state index contributed by atoms with van der Waals surface area (Å²) in [6, 6.07) is 7.70. The molecular formula is C17H22N4O2. The van der Waals surface area contributed by atoms with Crippen LogP contribution in [0.25, 0.3) is 17.2 Å². The Morgan fingerprint density at radius 2 is 2.04 bits per heavy atom. The molecule has 0 aliphatic carbocycles. The number of carbonyl (C=O) groups excluding carboxylic acids is 1. The van der Waals surface area contributed by atoms with Gasteiger partial charge < -0.3 is 4.74 Å². The van der Waals surface area contributed by atoms with E-state index in [0.717, 1.165) is 24.1 Å². The first-order chi connectivity index (χ1) is 11.3. The van der Waals surface area contributed by atoms with Gasteiger partial charge in [0.2, 0.25) is 0 Å². The summed E-state index contributed by atoms with van der Waals surface area (Å²) in [7, 11) is 0. The summed E-state index contributed by atoms with van der Waals surface area (Å²) in [5, 5.41) is 8.26. The molecule has 0 atom stereocenters. The monoisotopic (exact) mass is 314 g/mol. The zero-order valence-corrected chi connectivity index (χ0v) is 13.4. The second kappa shape index (κ2) is 7.37. The summed E-state index contributed by atoms with van der Waals surface area (Å²) in [5.41, 5.74) is 2.31. The van der Waals surface area contributed by atoms with E-state index in [4.69, 9.17) is 4.74 Å². The molecule has 0 radical (unpaired) electrons. The normalized spacial score (nSPS) is 16.7. The number of para-hydroxylation sites is 1. The summed E-state index contributed by atoms with van der Waals surface area (Å²) in [6.07, 6.45) is 5.38. The first kappa shape index (κ1) is 15.7. The van der Waals surface area contributed by atoms with Crippen LogP contribution in [0, 0.1) is 0 Å². The van der Waals surface area contributed by atoms with Crippen molar-refractivity contribution in [3.05, 3.63) is 29.8 Å². The van der Waals surface area contributed by atoms with Gasteiger partial charge in [0.15, 0.2) is 0 Å². The van der Waals surface area contributed by atoms with Crippen LogP contribution in [0.4, 0.5) is 0 Å². The van der Waals surface area contributed by atoms with Gasteiger partial charge in [0.1, 0.15) is 5.52 Å². The Morgan fingerprint density at radius 1 is 1.26 bits per heavy atom. The van der Waals surface area contributed by atoms with Crippen LogP contribution < -0.4 is 0 Å². The van der Waals surface area contributed by atoms with Crippen LogP contribution in [0.3, 0.4) is 0 Å². The predicted molar refractivity (Wildman–Crippen MR) is 88.7 cm³/mol. The van der Waals surface area contributed by atoms with Crippen LogP contribution in [-0.4, -0.2) is 52.1 Å². The van der Waals surface area contributed by atoms with Crippen LogP contribution in [0.1, 0.15) is 26.2 Å². The fraction of sp³-hybridized carbons (Fsp3) is 0.471. The molecule has 1 fully saturated rings. The summed E-state index contributed by atoms with van der Waals surface area (Å²) < 4.78 is 6.87. The number of hydrogen-bond donors (Lipinski definition) is 0. The van der Waals surface area contributed by atoms with E-state index in [-0.39, 0.29) is 5.97 Å². The largest absolute Gasteiger partial charge is 0.463 e. The molecule has 6 nitrogen and oxygen atoms in total. The number of nitrogens with zero attached hydrogens (tertiary/aromatic N) is 4. The maximum atomic E-state index is 12.3. The second-order valence-corrected chi connectivity index (χ2v) is 5.73. The summed E-state index contributed by atoms with van der Waals surface area (Å²) in [5.74, 6) is -0.280. The van der Waals surface area contributed by atoms with Crippen molar-refractivity contribution in [2.75, 3.05) is 26.2 Å². The van der Waals surface area contributed by atoms with E-state index in [1.807, 2.05) is 31.2 Å². The molecule has 1 aliphatic heterocycles. The van der Waals surface area contributed by atoms with Crippen LogP contribution >= 0.6 is 0 Å². The van der Waals surface area contributed by atoms with Gasteiger partial charge in [-0.2, -0.15) is 0 Å². The first-order valence-electron chi connectivity index (χ1n) is 8.18. The third-order valence-electron chi connectivity index (χ3n) is 4.04. The van der Waals surface area contributed by atoms with Gasteiger partial charge in [-0.3, -0.25) is 4.90 Å². The lowest BCUT2D eigenvalue weighted by molar-refractivity contribution is -0.138. The quantitative estimate of drug-likeness (QED) is 0.626. The van der Waals surface area contributed by atoms with E-state index >= 15 is 0 Å². The second-order valence-electron chi connectivity index (χ2n) is 5.73. The van der Waals surface area contributed by atoms with Crippen molar-refractivity contribution in [3.8, 4) is 0 Å². The minimum Gasteiger partial charge on any atom is -0.463 e. The zero-order valence-electron chi connectivity index (χ0n) is 13.4. The van der Waals surface area contributed by atoms with Crippen molar-refractivity contribution < 1.29 is 9.53 Å². The first-order valence-corrected chi connectivity index (χ1v) is 8.18. The van der Waals surface area contributed by atoms with Gasteiger partial charge in [-0.15, -0.1) is 5.10 Å². The van der Waals surface area contributed by atoms with E-state index in [2.05, 4.69) is 15.2 Å². The van der Waals surface area contributed by atoms with Crippen molar-refractivity contribution in [2.45, 2.75) is 26.2 Å². The third kappa shape index (κ3) is 3.76. The van der Waals surface area contributed by atoms with Gasteiger partial charge in [-0.1, -0.05) is 23.8 Å². The fourth-order valence-electron chi connectivity index (χ4n) is 2.87. The lowest BCUT2D eigenvalue weighted by Gasteiger charge is -2.26.